The Morgan fingerprint density at radius 2 is 1.90 bits per heavy atom. The van der Waals surface area contributed by atoms with Gasteiger partial charge in [0.05, 0.1) is 15.0 Å². The van der Waals surface area contributed by atoms with Crippen LogP contribution in [-0.2, 0) is 6.54 Å². The van der Waals surface area contributed by atoms with E-state index in [2.05, 4.69) is 5.32 Å². The van der Waals surface area contributed by atoms with Crippen LogP contribution in [0.5, 0.6) is 0 Å². The molecule has 20 heavy (non-hydrogen) atoms. The number of nitrogens with zero attached hydrogens (tertiary/aromatic N) is 1. The first kappa shape index (κ1) is 14.4. The van der Waals surface area contributed by atoms with E-state index in [0.29, 0.717) is 22.3 Å². The molecule has 0 aromatic heterocycles. The van der Waals surface area contributed by atoms with Crippen molar-refractivity contribution < 1.29 is 4.92 Å². The predicted molar refractivity (Wildman–Crippen MR) is 81.3 cm³/mol. The second kappa shape index (κ2) is 5.98. The quantitative estimate of drug-likeness (QED) is 0.506. The molecule has 0 aliphatic rings. The number of hydrogen-bond acceptors (Lipinski definition) is 4. The molecule has 5 nitrogen and oxygen atoms in total. The van der Waals surface area contributed by atoms with Crippen LogP contribution in [0.3, 0.4) is 0 Å². The average Bonchev–Trinajstić information content (AvgIpc) is 2.41. The number of nitro groups is 1. The van der Waals surface area contributed by atoms with E-state index in [-0.39, 0.29) is 11.4 Å². The fourth-order valence-corrected chi connectivity index (χ4v) is 1.99. The smallest absolute Gasteiger partial charge is 0.294 e. The van der Waals surface area contributed by atoms with Crippen LogP contribution < -0.4 is 11.1 Å². The molecule has 0 aliphatic carbocycles. The second-order valence-corrected chi connectivity index (χ2v) is 4.95. The molecule has 2 rings (SSSR count). The average molecular weight is 312 g/mol. The summed E-state index contributed by atoms with van der Waals surface area (Å²) in [7, 11) is 0. The molecular formula is C13H11Cl2N3O2. The number of nitrogens with two attached hydrogens (primary N) is 1. The van der Waals surface area contributed by atoms with Crippen molar-refractivity contribution in [3.63, 3.8) is 0 Å². The summed E-state index contributed by atoms with van der Waals surface area (Å²) >= 11 is 11.7. The molecule has 0 saturated heterocycles. The number of nitrogen functional groups attached to an aromatic ring is 1. The van der Waals surface area contributed by atoms with Crippen molar-refractivity contribution in [3.05, 3.63) is 62.1 Å². The van der Waals surface area contributed by atoms with Gasteiger partial charge in [0.1, 0.15) is 5.69 Å². The van der Waals surface area contributed by atoms with E-state index in [1.807, 2.05) is 6.07 Å². The lowest BCUT2D eigenvalue weighted by atomic mass is 10.2. The van der Waals surface area contributed by atoms with Gasteiger partial charge in [-0.2, -0.15) is 0 Å². The van der Waals surface area contributed by atoms with Gasteiger partial charge in [0.25, 0.3) is 5.69 Å². The SMILES string of the molecule is Nc1ccc(NCc2ccc(Cl)c(Cl)c2)cc1[N+](=O)[O-]. The fraction of sp³-hybridized carbons (Fsp3) is 0.0769. The molecule has 0 fully saturated rings. The third kappa shape index (κ3) is 3.31. The third-order valence-electron chi connectivity index (χ3n) is 2.71. The summed E-state index contributed by atoms with van der Waals surface area (Å²) in [5.74, 6) is 0. The highest BCUT2D eigenvalue weighted by atomic mass is 35.5. The molecule has 0 heterocycles. The van der Waals surface area contributed by atoms with E-state index < -0.39 is 4.92 Å². The van der Waals surface area contributed by atoms with Crippen molar-refractivity contribution in [3.8, 4) is 0 Å². The van der Waals surface area contributed by atoms with Crippen molar-refractivity contribution in [2.45, 2.75) is 6.54 Å². The second-order valence-electron chi connectivity index (χ2n) is 4.13. The van der Waals surface area contributed by atoms with Crippen LogP contribution >= 0.6 is 23.2 Å². The molecule has 104 valence electrons. The minimum Gasteiger partial charge on any atom is -0.393 e. The van der Waals surface area contributed by atoms with E-state index in [0.717, 1.165) is 5.56 Å². The van der Waals surface area contributed by atoms with Crippen molar-refractivity contribution in [2.75, 3.05) is 11.1 Å². The van der Waals surface area contributed by atoms with Gasteiger partial charge in [0.2, 0.25) is 0 Å². The van der Waals surface area contributed by atoms with E-state index >= 15 is 0 Å². The first-order chi connectivity index (χ1) is 9.47. The van der Waals surface area contributed by atoms with Crippen LogP contribution in [0.25, 0.3) is 0 Å². The van der Waals surface area contributed by atoms with Gasteiger partial charge in [0, 0.05) is 18.3 Å². The lowest BCUT2D eigenvalue weighted by Crippen LogP contribution is -2.01. The first-order valence-electron chi connectivity index (χ1n) is 5.69. The number of nitrogens with one attached hydrogen (secondary N) is 1. The van der Waals surface area contributed by atoms with Gasteiger partial charge in [-0.05, 0) is 29.8 Å². The van der Waals surface area contributed by atoms with Crippen molar-refractivity contribution in [1.82, 2.24) is 0 Å². The highest BCUT2D eigenvalue weighted by Gasteiger charge is 2.11. The molecule has 7 heteroatoms. The summed E-state index contributed by atoms with van der Waals surface area (Å²) in [6, 6.07) is 9.84. The fourth-order valence-electron chi connectivity index (χ4n) is 1.67. The molecule has 0 saturated carbocycles. The van der Waals surface area contributed by atoms with E-state index in [1.165, 1.54) is 12.1 Å². The zero-order valence-electron chi connectivity index (χ0n) is 10.3. The Morgan fingerprint density at radius 1 is 1.15 bits per heavy atom. The Kier molecular flexibility index (Phi) is 4.32. The summed E-state index contributed by atoms with van der Waals surface area (Å²) in [6.45, 7) is 0.470. The molecule has 0 amide bonds. The highest BCUT2D eigenvalue weighted by Crippen LogP contribution is 2.26. The van der Waals surface area contributed by atoms with Crippen molar-refractivity contribution >= 4 is 40.3 Å². The maximum atomic E-state index is 10.8. The predicted octanol–water partition coefficient (Wildman–Crippen LogP) is 4.10. The van der Waals surface area contributed by atoms with Gasteiger partial charge in [-0.3, -0.25) is 10.1 Å². The molecule has 0 bridgehead atoms. The van der Waals surface area contributed by atoms with Gasteiger partial charge in [-0.15, -0.1) is 0 Å². The van der Waals surface area contributed by atoms with Crippen molar-refractivity contribution in [1.29, 1.82) is 0 Å². The van der Waals surface area contributed by atoms with Gasteiger partial charge in [-0.25, -0.2) is 0 Å². The maximum absolute atomic E-state index is 10.8. The summed E-state index contributed by atoms with van der Waals surface area (Å²) in [4.78, 5) is 10.3. The van der Waals surface area contributed by atoms with Crippen LogP contribution in [0.1, 0.15) is 5.56 Å². The molecule has 3 N–H and O–H groups in total. The van der Waals surface area contributed by atoms with Gasteiger partial charge in [0.15, 0.2) is 0 Å². The Morgan fingerprint density at radius 3 is 2.55 bits per heavy atom. The minimum atomic E-state index is -0.514. The first-order valence-corrected chi connectivity index (χ1v) is 6.44. The summed E-state index contributed by atoms with van der Waals surface area (Å²) in [5, 5.41) is 14.8. The van der Waals surface area contributed by atoms with Crippen LogP contribution in [0.4, 0.5) is 17.1 Å². The number of hydrogen-bond donors (Lipinski definition) is 2. The monoisotopic (exact) mass is 311 g/mol. The van der Waals surface area contributed by atoms with Crippen molar-refractivity contribution in [2.24, 2.45) is 0 Å². The molecule has 2 aromatic rings. The Labute approximate surface area is 125 Å². The van der Waals surface area contributed by atoms with Crippen LogP contribution in [0, 0.1) is 10.1 Å². The zero-order valence-corrected chi connectivity index (χ0v) is 11.8. The summed E-state index contributed by atoms with van der Waals surface area (Å²) < 4.78 is 0. The van der Waals surface area contributed by atoms with E-state index in [4.69, 9.17) is 28.9 Å². The number of nitro benzene ring substituents is 1. The number of benzene rings is 2. The van der Waals surface area contributed by atoms with Crippen LogP contribution in [-0.4, -0.2) is 4.92 Å². The molecular weight excluding hydrogens is 301 g/mol. The Bertz CT molecular complexity index is 662. The number of rotatable bonds is 4. The standard InChI is InChI=1S/C13H11Cl2N3O2/c14-10-3-1-8(5-11(10)15)7-17-9-2-4-12(16)13(6-9)18(19)20/h1-6,17H,7,16H2. The Balaban J connectivity index is 2.12. The molecule has 0 aliphatic heterocycles. The van der Waals surface area contributed by atoms with E-state index in [9.17, 15) is 10.1 Å². The van der Waals surface area contributed by atoms with E-state index in [1.54, 1.807) is 18.2 Å². The maximum Gasteiger partial charge on any atom is 0.294 e. The number of halogens is 2. The topological polar surface area (TPSA) is 81.2 Å². The minimum absolute atomic E-state index is 0.121. The molecule has 0 spiro atoms. The normalized spacial score (nSPS) is 10.3. The molecule has 0 unspecified atom stereocenters. The van der Waals surface area contributed by atoms with Gasteiger partial charge >= 0.3 is 0 Å². The Hall–Kier alpha value is -1.98. The largest absolute Gasteiger partial charge is 0.393 e. The lowest BCUT2D eigenvalue weighted by Gasteiger charge is -2.08. The molecule has 2 aromatic carbocycles. The van der Waals surface area contributed by atoms with Crippen LogP contribution in [0.15, 0.2) is 36.4 Å². The molecule has 0 radical (unpaired) electrons. The lowest BCUT2D eigenvalue weighted by molar-refractivity contribution is -0.383. The highest BCUT2D eigenvalue weighted by molar-refractivity contribution is 6.42. The van der Waals surface area contributed by atoms with Crippen LogP contribution in [0.2, 0.25) is 10.0 Å². The van der Waals surface area contributed by atoms with Gasteiger partial charge < -0.3 is 11.1 Å². The number of anilines is 2. The molecule has 0 atom stereocenters. The summed E-state index contributed by atoms with van der Waals surface area (Å²) in [6.07, 6.45) is 0. The zero-order chi connectivity index (χ0) is 14.7. The third-order valence-corrected chi connectivity index (χ3v) is 3.45. The van der Waals surface area contributed by atoms with Gasteiger partial charge in [-0.1, -0.05) is 29.3 Å². The summed E-state index contributed by atoms with van der Waals surface area (Å²) in [5.41, 5.74) is 7.07.